The SMILES string of the molecule is CCN1CCC(Oc2ccc3ncn(-c4cc(OC(C)c5ccccc5C(F)(F)F)c(C(N)=O)s4)c3c2)CC1. The molecule has 1 saturated heterocycles. The number of nitrogens with two attached hydrogens (primary N) is 1. The van der Waals surface area contributed by atoms with Crippen molar-refractivity contribution in [3.05, 3.63) is 70.9 Å². The number of rotatable bonds is 8. The van der Waals surface area contributed by atoms with Crippen molar-refractivity contribution >= 4 is 28.3 Å². The van der Waals surface area contributed by atoms with Gasteiger partial charge in [-0.05, 0) is 44.5 Å². The van der Waals surface area contributed by atoms with Gasteiger partial charge in [-0.15, -0.1) is 11.3 Å². The Kier molecular flexibility index (Phi) is 7.55. The molecule has 1 atom stereocenters. The van der Waals surface area contributed by atoms with Crippen LogP contribution in [0.15, 0.2) is 54.9 Å². The number of aromatic nitrogens is 2. The number of nitrogens with zero attached hydrogens (tertiary/aromatic N) is 3. The van der Waals surface area contributed by atoms with Crippen molar-refractivity contribution in [3.8, 4) is 16.5 Å². The summed E-state index contributed by atoms with van der Waals surface area (Å²) < 4.78 is 54.6. The lowest BCUT2D eigenvalue weighted by Crippen LogP contribution is -2.37. The van der Waals surface area contributed by atoms with Crippen LogP contribution >= 0.6 is 11.3 Å². The zero-order chi connectivity index (χ0) is 27.7. The average molecular weight is 559 g/mol. The van der Waals surface area contributed by atoms with E-state index in [1.807, 2.05) is 18.2 Å². The lowest BCUT2D eigenvalue weighted by atomic mass is 10.0. The Balaban J connectivity index is 1.42. The smallest absolute Gasteiger partial charge is 0.416 e. The summed E-state index contributed by atoms with van der Waals surface area (Å²) in [7, 11) is 0. The molecule has 1 unspecified atom stereocenters. The summed E-state index contributed by atoms with van der Waals surface area (Å²) in [6, 6.07) is 12.5. The Morgan fingerprint density at radius 2 is 1.92 bits per heavy atom. The molecule has 3 heterocycles. The number of ether oxygens (including phenoxy) is 2. The summed E-state index contributed by atoms with van der Waals surface area (Å²) >= 11 is 1.09. The first kappa shape index (κ1) is 27.0. The molecule has 0 radical (unpaired) electrons. The molecule has 206 valence electrons. The summed E-state index contributed by atoms with van der Waals surface area (Å²) in [6.45, 7) is 6.70. The van der Waals surface area contributed by atoms with Gasteiger partial charge in [0.25, 0.3) is 5.91 Å². The van der Waals surface area contributed by atoms with E-state index < -0.39 is 23.8 Å². The van der Waals surface area contributed by atoms with Crippen LogP contribution in [0.2, 0.25) is 0 Å². The van der Waals surface area contributed by atoms with Gasteiger partial charge in [-0.2, -0.15) is 13.2 Å². The number of likely N-dealkylation sites (tertiary alicyclic amines) is 1. The van der Waals surface area contributed by atoms with Crippen molar-refractivity contribution in [1.29, 1.82) is 0 Å². The zero-order valence-corrected chi connectivity index (χ0v) is 22.4. The monoisotopic (exact) mass is 558 g/mol. The molecule has 1 amide bonds. The number of carbonyl (C=O) groups is 1. The number of alkyl halides is 3. The predicted molar refractivity (Wildman–Crippen MR) is 144 cm³/mol. The van der Waals surface area contributed by atoms with Gasteiger partial charge in [0.2, 0.25) is 0 Å². The van der Waals surface area contributed by atoms with E-state index in [2.05, 4.69) is 16.8 Å². The largest absolute Gasteiger partial charge is 0.490 e. The fourth-order valence-corrected chi connectivity index (χ4v) is 5.80. The number of thiophene rings is 1. The first-order chi connectivity index (χ1) is 18.6. The average Bonchev–Trinajstić information content (AvgIpc) is 3.52. The summed E-state index contributed by atoms with van der Waals surface area (Å²) in [5.41, 5.74) is 6.29. The van der Waals surface area contributed by atoms with E-state index in [0.29, 0.717) is 5.00 Å². The van der Waals surface area contributed by atoms with Crippen LogP contribution in [0.3, 0.4) is 0 Å². The van der Waals surface area contributed by atoms with E-state index in [-0.39, 0.29) is 22.3 Å². The van der Waals surface area contributed by atoms with Crippen molar-refractivity contribution in [3.63, 3.8) is 0 Å². The van der Waals surface area contributed by atoms with Gasteiger partial charge in [0, 0.05) is 30.8 Å². The third-order valence-corrected chi connectivity index (χ3v) is 8.09. The summed E-state index contributed by atoms with van der Waals surface area (Å²) in [5, 5.41) is 0.589. The maximum atomic E-state index is 13.6. The molecule has 0 aliphatic carbocycles. The maximum absolute atomic E-state index is 13.6. The summed E-state index contributed by atoms with van der Waals surface area (Å²) in [5.74, 6) is 0.105. The van der Waals surface area contributed by atoms with Crippen LogP contribution in [0.25, 0.3) is 16.0 Å². The minimum Gasteiger partial charge on any atom is -0.490 e. The highest BCUT2D eigenvalue weighted by atomic mass is 32.1. The third kappa shape index (κ3) is 5.74. The molecule has 39 heavy (non-hydrogen) atoms. The van der Waals surface area contributed by atoms with Gasteiger partial charge in [-0.3, -0.25) is 9.36 Å². The number of carbonyl (C=O) groups excluding carboxylic acids is 1. The van der Waals surface area contributed by atoms with Crippen LogP contribution in [0.1, 0.15) is 53.6 Å². The van der Waals surface area contributed by atoms with Crippen LogP contribution in [0, 0.1) is 0 Å². The van der Waals surface area contributed by atoms with Gasteiger partial charge in [0.15, 0.2) is 0 Å². The Morgan fingerprint density at radius 3 is 2.62 bits per heavy atom. The number of hydrogen-bond acceptors (Lipinski definition) is 6. The van der Waals surface area contributed by atoms with Gasteiger partial charge in [-0.1, -0.05) is 25.1 Å². The number of hydrogen-bond donors (Lipinski definition) is 1. The van der Waals surface area contributed by atoms with Crippen molar-refractivity contribution in [2.24, 2.45) is 5.73 Å². The molecule has 5 rings (SSSR count). The normalized spacial score (nSPS) is 15.9. The Bertz CT molecular complexity index is 1470. The molecular formula is C28H29F3N4O3S. The molecule has 4 aromatic rings. The van der Waals surface area contributed by atoms with Gasteiger partial charge < -0.3 is 20.1 Å². The predicted octanol–water partition coefficient (Wildman–Crippen LogP) is 6.21. The number of halogens is 3. The molecule has 1 aliphatic heterocycles. The quantitative estimate of drug-likeness (QED) is 0.278. The van der Waals surface area contributed by atoms with Gasteiger partial charge in [0.05, 0.1) is 16.6 Å². The van der Waals surface area contributed by atoms with Crippen molar-refractivity contribution in [1.82, 2.24) is 14.5 Å². The minimum absolute atomic E-state index is 0.0344. The molecule has 1 fully saturated rings. The first-order valence-corrected chi connectivity index (χ1v) is 13.6. The fraction of sp³-hybridized carbons (Fsp3) is 0.357. The fourth-order valence-electron chi connectivity index (χ4n) is 4.88. The van der Waals surface area contributed by atoms with E-state index in [0.717, 1.165) is 66.7 Å². The minimum atomic E-state index is -4.54. The van der Waals surface area contributed by atoms with Crippen molar-refractivity contribution in [2.45, 2.75) is 45.1 Å². The molecule has 7 nitrogen and oxygen atoms in total. The van der Waals surface area contributed by atoms with Crippen molar-refractivity contribution < 1.29 is 27.4 Å². The van der Waals surface area contributed by atoms with E-state index in [1.165, 1.54) is 25.1 Å². The Labute approximate surface area is 227 Å². The van der Waals surface area contributed by atoms with E-state index in [1.54, 1.807) is 17.0 Å². The van der Waals surface area contributed by atoms with Crippen LogP contribution < -0.4 is 15.2 Å². The van der Waals surface area contributed by atoms with E-state index >= 15 is 0 Å². The number of benzene rings is 2. The highest BCUT2D eigenvalue weighted by Gasteiger charge is 2.35. The Morgan fingerprint density at radius 1 is 1.18 bits per heavy atom. The number of piperidine rings is 1. The standard InChI is InChI=1S/C28H29F3N4O3S/c1-3-34-12-10-18(11-13-34)38-19-8-9-22-23(14-19)35(16-33-22)25-15-24(26(39-25)27(32)36)37-17(2)20-6-4-5-7-21(20)28(29,30)31/h4-9,14-18H,3,10-13H2,1-2H3,(H2,32,36). The molecule has 1 aliphatic rings. The molecule has 0 saturated carbocycles. The topological polar surface area (TPSA) is 82.6 Å². The number of amides is 1. The number of imidazole rings is 1. The lowest BCUT2D eigenvalue weighted by molar-refractivity contribution is -0.139. The summed E-state index contributed by atoms with van der Waals surface area (Å²) in [6.07, 6.45) is -1.86. The van der Waals surface area contributed by atoms with Gasteiger partial charge in [0.1, 0.15) is 39.9 Å². The highest BCUT2D eigenvalue weighted by molar-refractivity contribution is 7.16. The molecule has 2 N–H and O–H groups in total. The first-order valence-electron chi connectivity index (χ1n) is 12.8. The second-order valence-electron chi connectivity index (χ2n) is 9.50. The highest BCUT2D eigenvalue weighted by Crippen LogP contribution is 2.39. The lowest BCUT2D eigenvalue weighted by Gasteiger charge is -2.31. The van der Waals surface area contributed by atoms with Crippen LogP contribution in [-0.4, -0.2) is 46.1 Å². The Hall–Kier alpha value is -3.57. The van der Waals surface area contributed by atoms with Crippen LogP contribution in [0.4, 0.5) is 13.2 Å². The summed E-state index contributed by atoms with van der Waals surface area (Å²) in [4.78, 5) is 19.2. The molecular weight excluding hydrogens is 529 g/mol. The van der Waals surface area contributed by atoms with Gasteiger partial charge in [-0.25, -0.2) is 4.98 Å². The van der Waals surface area contributed by atoms with Crippen molar-refractivity contribution in [2.75, 3.05) is 19.6 Å². The van der Waals surface area contributed by atoms with Crippen LogP contribution in [-0.2, 0) is 6.18 Å². The van der Waals surface area contributed by atoms with Crippen LogP contribution in [0.5, 0.6) is 11.5 Å². The molecule has 2 aromatic heterocycles. The number of fused-ring (bicyclic) bond motifs is 1. The third-order valence-electron chi connectivity index (χ3n) is 6.96. The molecule has 0 bridgehead atoms. The molecule has 2 aromatic carbocycles. The zero-order valence-electron chi connectivity index (χ0n) is 21.6. The number of primary amides is 1. The molecule has 11 heteroatoms. The second kappa shape index (κ2) is 10.9. The maximum Gasteiger partial charge on any atom is 0.416 e. The van der Waals surface area contributed by atoms with Gasteiger partial charge >= 0.3 is 6.18 Å². The second-order valence-corrected chi connectivity index (χ2v) is 10.5. The molecule has 0 spiro atoms. The van der Waals surface area contributed by atoms with E-state index in [9.17, 15) is 18.0 Å². The van der Waals surface area contributed by atoms with E-state index in [4.69, 9.17) is 15.2 Å².